The minimum absolute atomic E-state index is 0.108. The van der Waals surface area contributed by atoms with E-state index in [1.165, 1.54) is 6.11 Å². The summed E-state index contributed by atoms with van der Waals surface area (Å²) in [5, 5.41) is 0. The van der Waals surface area contributed by atoms with Gasteiger partial charge < -0.3 is 0 Å². The monoisotopic (exact) mass is 271 g/mol. The molecule has 1 aliphatic heterocycles. The predicted octanol–water partition coefficient (Wildman–Crippen LogP) is 2.02. The fourth-order valence-corrected chi connectivity index (χ4v) is 2.58. The van der Waals surface area contributed by atoms with Crippen molar-refractivity contribution in [2.24, 2.45) is 10.9 Å². The van der Waals surface area contributed by atoms with Crippen molar-refractivity contribution in [1.29, 1.82) is 0 Å². The molecule has 4 nitrogen and oxygen atoms in total. The van der Waals surface area contributed by atoms with Crippen LogP contribution < -0.4 is 0 Å². The summed E-state index contributed by atoms with van der Waals surface area (Å²) < 4.78 is 15.8. The van der Waals surface area contributed by atoms with Gasteiger partial charge in [0.2, 0.25) is 0 Å². The van der Waals surface area contributed by atoms with Crippen molar-refractivity contribution >= 4 is 19.2 Å². The Morgan fingerprint density at radius 1 is 1.45 bits per heavy atom. The van der Waals surface area contributed by atoms with Gasteiger partial charge in [0, 0.05) is 0 Å². The van der Waals surface area contributed by atoms with Crippen molar-refractivity contribution in [3.05, 3.63) is 35.9 Å². The molecule has 5 heteroatoms. The van der Waals surface area contributed by atoms with E-state index in [1.807, 2.05) is 37.3 Å². The number of rotatable bonds is 6. The molecule has 20 heavy (non-hydrogen) atoms. The molecule has 104 valence electrons. The number of hydrogen-bond donors (Lipinski definition) is 0. The molecule has 0 saturated carbocycles. The number of carbonyl (C=O) groups is 1. The molecular formula is C15H18BNO3. The first-order chi connectivity index (χ1) is 9.74. The zero-order valence-electron chi connectivity index (χ0n) is 11.6. The third kappa shape index (κ3) is 3.62. The molecule has 0 radical (unpaired) electrons. The van der Waals surface area contributed by atoms with Crippen LogP contribution in [0.25, 0.3) is 0 Å². The summed E-state index contributed by atoms with van der Waals surface area (Å²) in [7, 11) is 0.654. The van der Waals surface area contributed by atoms with Crippen LogP contribution in [0.1, 0.15) is 25.3 Å². The fourth-order valence-electron chi connectivity index (χ4n) is 2.58. The maximum absolute atomic E-state index is 11.9. The summed E-state index contributed by atoms with van der Waals surface area (Å²) in [6.45, 7) is 1.98. The average molecular weight is 271 g/mol. The molecule has 0 aromatic heterocycles. The van der Waals surface area contributed by atoms with Gasteiger partial charge in [-0.25, -0.2) is 0 Å². The van der Waals surface area contributed by atoms with Gasteiger partial charge in [-0.2, -0.15) is 0 Å². The topological polar surface area (TPSA) is 55.7 Å². The average Bonchev–Trinajstić information content (AvgIpc) is 2.82. The Bertz CT molecular complexity index is 489. The summed E-state index contributed by atoms with van der Waals surface area (Å²) >= 11 is 0. The molecule has 1 aromatic rings. The number of cyclic esters (lactones) is 1. The van der Waals surface area contributed by atoms with Gasteiger partial charge in [0.25, 0.3) is 0 Å². The standard InChI is InChI=1S/C15H18BNO3/c1-2-13(17-10-16-19)14-9-12(15(18)20-14)8-11-6-4-3-5-7-11/h3-7,10,12-14H,2,8-9H2,1H3/b17-10+/t12?,13?,14-/m0/s1. The first-order valence-electron chi connectivity index (χ1n) is 6.96. The van der Waals surface area contributed by atoms with Crippen molar-refractivity contribution in [2.75, 3.05) is 0 Å². The van der Waals surface area contributed by atoms with Gasteiger partial charge in [0.15, 0.2) is 0 Å². The van der Waals surface area contributed by atoms with Crippen LogP contribution in [-0.4, -0.2) is 31.4 Å². The van der Waals surface area contributed by atoms with Crippen LogP contribution in [0, 0.1) is 5.92 Å². The molecule has 1 heterocycles. The summed E-state index contributed by atoms with van der Waals surface area (Å²) in [6.07, 6.45) is 3.15. The van der Waals surface area contributed by atoms with E-state index in [4.69, 9.17) is 4.74 Å². The van der Waals surface area contributed by atoms with Gasteiger partial charge in [-0.05, 0) is 0 Å². The second kappa shape index (κ2) is 7.13. The summed E-state index contributed by atoms with van der Waals surface area (Å²) in [4.78, 5) is 16.1. The van der Waals surface area contributed by atoms with Crippen LogP contribution in [0.5, 0.6) is 0 Å². The van der Waals surface area contributed by atoms with Gasteiger partial charge in [-0.15, -0.1) is 0 Å². The van der Waals surface area contributed by atoms with Crippen molar-refractivity contribution in [2.45, 2.75) is 38.3 Å². The molecule has 3 atom stereocenters. The summed E-state index contributed by atoms with van der Waals surface area (Å²) in [5.41, 5.74) is 1.14. The number of ether oxygens (including phenoxy) is 1. The number of carbonyl (C=O) groups excluding carboxylic acids is 1. The molecule has 0 spiro atoms. The number of esters is 1. The van der Waals surface area contributed by atoms with Crippen LogP contribution >= 0.6 is 0 Å². The van der Waals surface area contributed by atoms with Gasteiger partial charge in [0.05, 0.1) is 0 Å². The molecule has 0 amide bonds. The van der Waals surface area contributed by atoms with Gasteiger partial charge in [-0.3, -0.25) is 0 Å². The van der Waals surface area contributed by atoms with Crippen LogP contribution in [0.15, 0.2) is 35.3 Å². The minimum atomic E-state index is -0.211. The Balaban J connectivity index is 1.99. The number of nitrogens with zero attached hydrogens (tertiary/aromatic N) is 1. The van der Waals surface area contributed by atoms with Gasteiger partial charge in [-0.1, -0.05) is 0 Å². The van der Waals surface area contributed by atoms with Crippen molar-refractivity contribution in [3.8, 4) is 0 Å². The summed E-state index contributed by atoms with van der Waals surface area (Å²) in [5.74, 6) is -0.263. The van der Waals surface area contributed by atoms with Gasteiger partial charge in [0.1, 0.15) is 0 Å². The Morgan fingerprint density at radius 3 is 2.85 bits per heavy atom. The molecule has 0 aliphatic carbocycles. The maximum atomic E-state index is 11.9. The predicted molar refractivity (Wildman–Crippen MR) is 77.1 cm³/mol. The number of benzene rings is 1. The van der Waals surface area contributed by atoms with E-state index in [0.717, 1.165) is 12.0 Å². The third-order valence-electron chi connectivity index (χ3n) is 3.63. The molecule has 2 rings (SSSR count). The first kappa shape index (κ1) is 14.6. The van der Waals surface area contributed by atoms with Crippen molar-refractivity contribution < 1.29 is 14.2 Å². The second-order valence-corrected chi connectivity index (χ2v) is 5.01. The van der Waals surface area contributed by atoms with Crippen molar-refractivity contribution in [3.63, 3.8) is 0 Å². The Kier molecular flexibility index (Phi) is 5.21. The molecule has 1 saturated heterocycles. The van der Waals surface area contributed by atoms with E-state index in [1.54, 1.807) is 0 Å². The molecule has 0 N–H and O–H groups in total. The Hall–Kier alpha value is -1.78. The third-order valence-corrected chi connectivity index (χ3v) is 3.63. The zero-order valence-corrected chi connectivity index (χ0v) is 11.6. The van der Waals surface area contributed by atoms with Crippen LogP contribution in [-0.2, 0) is 20.7 Å². The molecule has 0 bridgehead atoms. The van der Waals surface area contributed by atoms with E-state index in [2.05, 4.69) is 4.99 Å². The fraction of sp³-hybridized carbons (Fsp3) is 0.467. The van der Waals surface area contributed by atoms with E-state index in [0.29, 0.717) is 20.0 Å². The molecule has 2 unspecified atom stereocenters. The van der Waals surface area contributed by atoms with E-state index >= 15 is 0 Å². The first-order valence-corrected chi connectivity index (χ1v) is 6.96. The summed E-state index contributed by atoms with van der Waals surface area (Å²) in [6, 6.07) is 9.81. The Morgan fingerprint density at radius 2 is 2.20 bits per heavy atom. The SMILES string of the molecule is CCC(/N=C/B=O)[C@@H]1CC(Cc2ccccc2)C(=O)O1. The van der Waals surface area contributed by atoms with Crippen LogP contribution in [0.2, 0.25) is 0 Å². The van der Waals surface area contributed by atoms with E-state index in [-0.39, 0.29) is 24.0 Å². The number of hydrogen-bond acceptors (Lipinski definition) is 4. The molecule has 1 fully saturated rings. The number of aliphatic imine (C=N–C) groups is 1. The Labute approximate surface area is 119 Å². The van der Waals surface area contributed by atoms with Crippen LogP contribution in [0.4, 0.5) is 0 Å². The van der Waals surface area contributed by atoms with E-state index < -0.39 is 0 Å². The molecular weight excluding hydrogens is 253 g/mol. The van der Waals surface area contributed by atoms with Gasteiger partial charge >= 0.3 is 119 Å². The normalized spacial score (nSPS) is 23.6. The quantitative estimate of drug-likeness (QED) is 0.452. The molecule has 1 aliphatic rings. The van der Waals surface area contributed by atoms with Crippen LogP contribution in [0.3, 0.4) is 0 Å². The second-order valence-electron chi connectivity index (χ2n) is 5.01. The molecule has 1 aromatic carbocycles. The zero-order chi connectivity index (χ0) is 14.4. The van der Waals surface area contributed by atoms with Crippen molar-refractivity contribution in [1.82, 2.24) is 0 Å². The van der Waals surface area contributed by atoms with E-state index in [9.17, 15) is 9.50 Å².